The van der Waals surface area contributed by atoms with Crippen LogP contribution in [0.5, 0.6) is 0 Å². The molecule has 196 valence electrons. The third-order valence-corrected chi connectivity index (χ3v) is 7.15. The molecule has 2 fully saturated rings. The maximum Gasteiger partial charge on any atom is 0.258 e. The predicted octanol–water partition coefficient (Wildman–Crippen LogP) is 1.79. The maximum absolute atomic E-state index is 10.9. The van der Waals surface area contributed by atoms with Gasteiger partial charge in [-0.2, -0.15) is 15.0 Å². The Bertz CT molecular complexity index is 1170. The topological polar surface area (TPSA) is 182 Å². The zero-order valence-corrected chi connectivity index (χ0v) is 20.8. The van der Waals surface area contributed by atoms with Crippen LogP contribution >= 0.6 is 0 Å². The summed E-state index contributed by atoms with van der Waals surface area (Å²) in [6.07, 6.45) is 2.72. The largest absolute Gasteiger partial charge is 0.387 e. The fraction of sp³-hybridized carbons (Fsp3) is 0.696. The number of fused-ring (bicyclic) bond motifs is 1. The van der Waals surface area contributed by atoms with Crippen LogP contribution in [0.4, 0.5) is 11.8 Å². The van der Waals surface area contributed by atoms with E-state index in [1.54, 1.807) is 17.8 Å². The molecule has 1 aliphatic heterocycles. The van der Waals surface area contributed by atoms with Gasteiger partial charge in [0.2, 0.25) is 5.95 Å². The van der Waals surface area contributed by atoms with Crippen molar-refractivity contribution < 1.29 is 19.5 Å². The fourth-order valence-electron chi connectivity index (χ4n) is 4.92. The van der Waals surface area contributed by atoms with Gasteiger partial charge in [0, 0.05) is 18.1 Å². The van der Waals surface area contributed by atoms with Crippen molar-refractivity contribution >= 4 is 22.9 Å². The second-order valence-corrected chi connectivity index (χ2v) is 9.74. The van der Waals surface area contributed by atoms with Gasteiger partial charge >= 0.3 is 0 Å². The van der Waals surface area contributed by atoms with Gasteiger partial charge in [0.15, 0.2) is 35.1 Å². The summed E-state index contributed by atoms with van der Waals surface area (Å²) in [5.41, 5.74) is 7.11. The number of imidazole rings is 1. The van der Waals surface area contributed by atoms with Crippen molar-refractivity contribution in [3.05, 3.63) is 18.0 Å². The number of aliphatic hydroxyl groups is 2. The normalized spacial score (nSPS) is 28.8. The molecule has 0 bridgehead atoms. The highest BCUT2D eigenvalue weighted by Gasteiger charge is 2.47. The first-order valence-electron chi connectivity index (χ1n) is 12.7. The summed E-state index contributed by atoms with van der Waals surface area (Å²) in [4.78, 5) is 18.2. The number of hydrogen-bond donors (Lipinski definition) is 5. The highest BCUT2D eigenvalue weighted by atomic mass is 16.6. The first-order chi connectivity index (χ1) is 17.4. The lowest BCUT2D eigenvalue weighted by Crippen LogP contribution is -2.33. The Balaban J connectivity index is 1.49. The lowest BCUT2D eigenvalue weighted by molar-refractivity contribution is -0.0451. The minimum Gasteiger partial charge on any atom is -0.387 e. The van der Waals surface area contributed by atoms with Gasteiger partial charge in [-0.1, -0.05) is 19.0 Å². The van der Waals surface area contributed by atoms with Gasteiger partial charge in [-0.15, -0.1) is 0 Å². The molecule has 5 rings (SSSR count). The molecule has 2 aliphatic rings. The van der Waals surface area contributed by atoms with Crippen molar-refractivity contribution in [1.82, 2.24) is 29.7 Å². The second kappa shape index (κ2) is 10.2. The molecule has 13 heteroatoms. The van der Waals surface area contributed by atoms with Crippen molar-refractivity contribution in [2.24, 2.45) is 5.73 Å². The van der Waals surface area contributed by atoms with Crippen LogP contribution in [0, 0.1) is 6.92 Å². The molecular formula is C23H35N9O4. The molecule has 3 aromatic rings. The second-order valence-electron chi connectivity index (χ2n) is 9.74. The van der Waals surface area contributed by atoms with Crippen molar-refractivity contribution in [2.45, 2.75) is 102 Å². The lowest BCUT2D eigenvalue weighted by Gasteiger charge is -2.27. The number of rotatable bonds is 8. The van der Waals surface area contributed by atoms with Gasteiger partial charge in [0.25, 0.3) is 5.89 Å². The van der Waals surface area contributed by atoms with Crippen molar-refractivity contribution in [2.75, 3.05) is 10.6 Å². The number of aryl methyl sites for hydroxylation is 1. The van der Waals surface area contributed by atoms with Gasteiger partial charge in [0.05, 0.1) is 6.33 Å². The maximum atomic E-state index is 10.9. The molecular weight excluding hydrogens is 466 g/mol. The highest BCUT2D eigenvalue weighted by molar-refractivity contribution is 5.84. The summed E-state index contributed by atoms with van der Waals surface area (Å²) in [5.74, 6) is 1.60. The van der Waals surface area contributed by atoms with Crippen LogP contribution in [0.1, 0.15) is 76.4 Å². The molecule has 1 saturated heterocycles. The lowest BCUT2D eigenvalue weighted by atomic mass is 9.92. The zero-order valence-electron chi connectivity index (χ0n) is 20.8. The average molecular weight is 502 g/mol. The van der Waals surface area contributed by atoms with Gasteiger partial charge in [0.1, 0.15) is 12.2 Å². The number of aliphatic hydroxyl groups excluding tert-OH is 2. The molecule has 0 aromatic carbocycles. The Kier molecular flexibility index (Phi) is 7.06. The zero-order chi connectivity index (χ0) is 25.4. The van der Waals surface area contributed by atoms with E-state index in [2.05, 4.69) is 39.6 Å². The number of ether oxygens (including phenoxy) is 1. The Morgan fingerprint density at radius 2 is 1.86 bits per heavy atom. The molecule has 1 saturated carbocycles. The van der Waals surface area contributed by atoms with E-state index < -0.39 is 24.5 Å². The van der Waals surface area contributed by atoms with Crippen molar-refractivity contribution in [1.29, 1.82) is 0 Å². The van der Waals surface area contributed by atoms with Gasteiger partial charge < -0.3 is 35.8 Å². The quantitative estimate of drug-likeness (QED) is 0.302. The monoisotopic (exact) mass is 501 g/mol. The minimum atomic E-state index is -1.26. The molecule has 0 radical (unpaired) electrons. The standard InChI is InChI=1S/C23H35N9O4/c1-4-13(5-2)27-19-15-20(30-23(29-19)28-14-8-6-12(24)7-9-14)32(10-25-15)22-17(34)16(33)18(35-22)21-26-11(3)31-36-21/h10,12-14,16-18,22,33-34H,4-9,24H2,1-3H3,(H2,27,28,29,30)/t12?,14?,16-,17+,18-,22+/m0/s1. The van der Waals surface area contributed by atoms with E-state index in [9.17, 15) is 10.2 Å². The number of nitrogens with zero attached hydrogens (tertiary/aromatic N) is 6. The Labute approximate surface area is 208 Å². The van der Waals surface area contributed by atoms with Crippen LogP contribution < -0.4 is 16.4 Å². The molecule has 0 amide bonds. The first-order valence-corrected chi connectivity index (χ1v) is 12.7. The van der Waals surface area contributed by atoms with E-state index in [0.29, 0.717) is 28.8 Å². The molecule has 0 unspecified atom stereocenters. The fourth-order valence-corrected chi connectivity index (χ4v) is 4.92. The number of aromatic nitrogens is 6. The number of nitrogens with two attached hydrogens (primary N) is 1. The van der Waals surface area contributed by atoms with Crippen molar-refractivity contribution in [3.8, 4) is 0 Å². The molecule has 3 aromatic heterocycles. The number of anilines is 2. The summed E-state index contributed by atoms with van der Waals surface area (Å²) in [7, 11) is 0. The van der Waals surface area contributed by atoms with Crippen LogP contribution in [-0.4, -0.2) is 70.2 Å². The van der Waals surface area contributed by atoms with Crippen LogP contribution in [0.15, 0.2) is 10.9 Å². The third kappa shape index (κ3) is 4.75. The summed E-state index contributed by atoms with van der Waals surface area (Å²) in [6, 6.07) is 0.678. The van der Waals surface area contributed by atoms with E-state index in [1.165, 1.54) is 0 Å². The molecule has 4 atom stereocenters. The van der Waals surface area contributed by atoms with E-state index >= 15 is 0 Å². The summed E-state index contributed by atoms with van der Waals surface area (Å²) < 4.78 is 12.8. The molecule has 13 nitrogen and oxygen atoms in total. The molecule has 36 heavy (non-hydrogen) atoms. The third-order valence-electron chi connectivity index (χ3n) is 7.15. The SMILES string of the molecule is CCC(CC)Nc1nc(NC2CCC(N)CC2)nc2c1ncn2[C@@H]1O[C@H](c2nc(C)no2)[C@@H](O)[C@H]1O. The smallest absolute Gasteiger partial charge is 0.258 e. The average Bonchev–Trinajstić information content (AvgIpc) is 3.57. The summed E-state index contributed by atoms with van der Waals surface area (Å²) in [5, 5.41) is 32.3. The van der Waals surface area contributed by atoms with Gasteiger partial charge in [-0.25, -0.2) is 4.98 Å². The summed E-state index contributed by atoms with van der Waals surface area (Å²) >= 11 is 0. The molecule has 6 N–H and O–H groups in total. The predicted molar refractivity (Wildman–Crippen MR) is 131 cm³/mol. The van der Waals surface area contributed by atoms with Gasteiger partial charge in [-0.3, -0.25) is 4.57 Å². The first kappa shape index (κ1) is 24.8. The van der Waals surface area contributed by atoms with E-state index in [0.717, 1.165) is 38.5 Å². The van der Waals surface area contributed by atoms with Crippen LogP contribution in [0.3, 0.4) is 0 Å². The number of nitrogens with one attached hydrogen (secondary N) is 2. The molecule has 1 aliphatic carbocycles. The minimum absolute atomic E-state index is 0.106. The molecule has 0 spiro atoms. The van der Waals surface area contributed by atoms with E-state index in [-0.39, 0.29) is 24.0 Å². The van der Waals surface area contributed by atoms with Crippen LogP contribution in [0.2, 0.25) is 0 Å². The van der Waals surface area contributed by atoms with Gasteiger partial charge in [-0.05, 0) is 45.4 Å². The Hall–Kier alpha value is -2.87. The van der Waals surface area contributed by atoms with E-state index in [1.807, 2.05) is 0 Å². The Morgan fingerprint density at radius 3 is 2.53 bits per heavy atom. The van der Waals surface area contributed by atoms with Crippen LogP contribution in [-0.2, 0) is 4.74 Å². The number of hydrogen-bond acceptors (Lipinski definition) is 12. The summed E-state index contributed by atoms with van der Waals surface area (Å²) in [6.45, 7) is 5.91. The van der Waals surface area contributed by atoms with Crippen molar-refractivity contribution in [3.63, 3.8) is 0 Å². The van der Waals surface area contributed by atoms with E-state index in [4.69, 9.17) is 25.0 Å². The molecule has 4 heterocycles. The highest BCUT2D eigenvalue weighted by Crippen LogP contribution is 2.39. The van der Waals surface area contributed by atoms with Crippen LogP contribution in [0.25, 0.3) is 11.2 Å². The Morgan fingerprint density at radius 1 is 1.11 bits per heavy atom.